The number of ether oxygens (including phenoxy) is 3. The Kier molecular flexibility index (Phi) is 5.55. The molecule has 150 valence electrons. The van der Waals surface area contributed by atoms with Crippen LogP contribution in [0.4, 0.5) is 0 Å². The number of hydrogen-bond donors (Lipinski definition) is 0. The number of amides is 2. The molecule has 2 amide bonds. The Morgan fingerprint density at radius 3 is 2.61 bits per heavy atom. The topological polar surface area (TPSA) is 82.1 Å². The first-order valence-electron chi connectivity index (χ1n) is 9.57. The Balaban J connectivity index is 1.33. The Bertz CT molecular complexity index is 786. The van der Waals surface area contributed by atoms with Gasteiger partial charge in [-0.15, -0.1) is 0 Å². The smallest absolute Gasteiger partial charge is 0.307 e. The molecule has 1 aliphatic carbocycles. The summed E-state index contributed by atoms with van der Waals surface area (Å²) >= 11 is 6.10. The minimum atomic E-state index is -0.476. The second-order valence-electron chi connectivity index (χ2n) is 7.40. The van der Waals surface area contributed by atoms with Crippen molar-refractivity contribution in [1.29, 1.82) is 0 Å². The molecule has 1 saturated carbocycles. The van der Waals surface area contributed by atoms with Crippen LogP contribution in [-0.4, -0.2) is 36.0 Å². The summed E-state index contributed by atoms with van der Waals surface area (Å²) in [5, 5.41) is 0.509. The van der Waals surface area contributed by atoms with Crippen LogP contribution < -0.4 is 4.74 Å². The molecule has 4 rings (SSSR count). The van der Waals surface area contributed by atoms with Crippen LogP contribution in [0.3, 0.4) is 0 Å². The van der Waals surface area contributed by atoms with E-state index in [4.69, 9.17) is 25.8 Å². The summed E-state index contributed by atoms with van der Waals surface area (Å²) in [6, 6.07) is 3.45. The molecular formula is C20H22ClNO6. The van der Waals surface area contributed by atoms with E-state index in [-0.39, 0.29) is 50.0 Å². The van der Waals surface area contributed by atoms with E-state index in [0.717, 1.165) is 31.2 Å². The predicted molar refractivity (Wildman–Crippen MR) is 98.3 cm³/mol. The van der Waals surface area contributed by atoms with Crippen LogP contribution in [0.25, 0.3) is 0 Å². The van der Waals surface area contributed by atoms with E-state index in [0.29, 0.717) is 22.9 Å². The number of halogens is 1. The van der Waals surface area contributed by atoms with Gasteiger partial charge in [0, 0.05) is 22.7 Å². The zero-order valence-corrected chi connectivity index (χ0v) is 16.2. The van der Waals surface area contributed by atoms with E-state index in [1.807, 2.05) is 0 Å². The van der Waals surface area contributed by atoms with Gasteiger partial charge in [-0.2, -0.15) is 0 Å². The molecule has 2 aliphatic heterocycles. The predicted octanol–water partition coefficient (Wildman–Crippen LogP) is 2.82. The molecule has 2 heterocycles. The summed E-state index contributed by atoms with van der Waals surface area (Å²) in [7, 11) is 0. The molecule has 0 spiro atoms. The van der Waals surface area contributed by atoms with Crippen molar-refractivity contribution in [2.45, 2.75) is 45.3 Å². The molecule has 0 N–H and O–H groups in total. The summed E-state index contributed by atoms with van der Waals surface area (Å²) < 4.78 is 16.1. The number of nitrogens with zero attached hydrogens (tertiary/aromatic N) is 1. The third-order valence-corrected chi connectivity index (χ3v) is 5.83. The maximum atomic E-state index is 12.4. The van der Waals surface area contributed by atoms with Crippen LogP contribution in [0.1, 0.15) is 43.2 Å². The second-order valence-corrected chi connectivity index (χ2v) is 7.84. The number of rotatable bonds is 5. The third kappa shape index (κ3) is 3.73. The number of hydrogen-bond acceptors (Lipinski definition) is 6. The molecule has 0 aromatic heterocycles. The van der Waals surface area contributed by atoms with E-state index in [9.17, 15) is 14.4 Å². The molecule has 1 aromatic rings. The quantitative estimate of drug-likeness (QED) is 0.551. The highest BCUT2D eigenvalue weighted by molar-refractivity contribution is 6.30. The molecule has 3 aliphatic rings. The number of esters is 1. The van der Waals surface area contributed by atoms with Crippen LogP contribution in [0.15, 0.2) is 12.1 Å². The van der Waals surface area contributed by atoms with Gasteiger partial charge in [-0.25, -0.2) is 0 Å². The number of imide groups is 1. The first kappa shape index (κ1) is 19.2. The lowest BCUT2D eigenvalue weighted by Gasteiger charge is -2.21. The molecule has 1 saturated heterocycles. The van der Waals surface area contributed by atoms with Crippen LogP contribution >= 0.6 is 11.6 Å². The minimum absolute atomic E-state index is 0.00880. The zero-order chi connectivity index (χ0) is 19.7. The molecule has 1 aromatic carbocycles. The molecule has 2 atom stereocenters. The second kappa shape index (κ2) is 8.09. The number of carbonyl (C=O) groups is 3. The summed E-state index contributed by atoms with van der Waals surface area (Å²) in [6.45, 7) is 0.603. The molecular weight excluding hydrogens is 386 g/mol. The third-order valence-electron chi connectivity index (χ3n) is 5.61. The Hall–Kier alpha value is -2.12. The first-order chi connectivity index (χ1) is 13.5. The molecule has 2 fully saturated rings. The van der Waals surface area contributed by atoms with Crippen molar-refractivity contribution >= 4 is 29.4 Å². The maximum Gasteiger partial charge on any atom is 0.307 e. The number of fused-ring (bicyclic) bond motifs is 2. The van der Waals surface area contributed by atoms with Crippen molar-refractivity contribution in [2.24, 2.45) is 11.8 Å². The van der Waals surface area contributed by atoms with Crippen LogP contribution in [0.2, 0.25) is 5.02 Å². The molecule has 0 radical (unpaired) electrons. The van der Waals surface area contributed by atoms with Crippen molar-refractivity contribution in [3.63, 3.8) is 0 Å². The fourth-order valence-corrected chi connectivity index (χ4v) is 4.51. The van der Waals surface area contributed by atoms with Crippen LogP contribution in [0.5, 0.6) is 5.75 Å². The van der Waals surface area contributed by atoms with E-state index < -0.39 is 5.97 Å². The van der Waals surface area contributed by atoms with Crippen LogP contribution in [0, 0.1) is 11.8 Å². The van der Waals surface area contributed by atoms with Gasteiger partial charge in [-0.1, -0.05) is 24.4 Å². The van der Waals surface area contributed by atoms with Gasteiger partial charge in [-0.05, 0) is 25.0 Å². The van der Waals surface area contributed by atoms with Gasteiger partial charge in [0.25, 0.3) is 0 Å². The number of benzene rings is 1. The van der Waals surface area contributed by atoms with Crippen molar-refractivity contribution in [3.8, 4) is 5.75 Å². The normalized spacial score (nSPS) is 23.8. The Morgan fingerprint density at radius 1 is 1.18 bits per heavy atom. The summed E-state index contributed by atoms with van der Waals surface area (Å²) in [5.41, 5.74) is 1.47. The van der Waals surface area contributed by atoms with E-state index >= 15 is 0 Å². The monoisotopic (exact) mass is 407 g/mol. The number of carbonyl (C=O) groups excluding carboxylic acids is 3. The van der Waals surface area contributed by atoms with E-state index in [2.05, 4.69) is 0 Å². The van der Waals surface area contributed by atoms with E-state index in [1.165, 1.54) is 4.90 Å². The van der Waals surface area contributed by atoms with Gasteiger partial charge in [-0.3, -0.25) is 19.3 Å². The SMILES string of the molecule is O=C(CCN1C(=O)[C@@H]2CCCC[C@H]2C1=O)OCc1cc(Cl)cc2c1OCOC2. The average Bonchev–Trinajstić information content (AvgIpc) is 2.95. The summed E-state index contributed by atoms with van der Waals surface area (Å²) in [6.07, 6.45) is 3.46. The van der Waals surface area contributed by atoms with E-state index in [1.54, 1.807) is 12.1 Å². The van der Waals surface area contributed by atoms with Gasteiger partial charge in [0.2, 0.25) is 11.8 Å². The van der Waals surface area contributed by atoms with Crippen molar-refractivity contribution in [3.05, 3.63) is 28.3 Å². The van der Waals surface area contributed by atoms with Gasteiger partial charge < -0.3 is 14.2 Å². The van der Waals surface area contributed by atoms with Crippen molar-refractivity contribution < 1.29 is 28.6 Å². The van der Waals surface area contributed by atoms with Gasteiger partial charge >= 0.3 is 5.97 Å². The lowest BCUT2D eigenvalue weighted by Crippen LogP contribution is -2.33. The molecule has 7 nitrogen and oxygen atoms in total. The highest BCUT2D eigenvalue weighted by atomic mass is 35.5. The maximum absolute atomic E-state index is 12.4. The lowest BCUT2D eigenvalue weighted by molar-refractivity contribution is -0.146. The lowest BCUT2D eigenvalue weighted by atomic mass is 9.81. The molecule has 0 bridgehead atoms. The van der Waals surface area contributed by atoms with Gasteiger partial charge in [0.1, 0.15) is 12.4 Å². The first-order valence-corrected chi connectivity index (χ1v) is 9.95. The molecule has 0 unspecified atom stereocenters. The summed E-state index contributed by atoms with van der Waals surface area (Å²) in [5.74, 6) is -0.530. The van der Waals surface area contributed by atoms with Crippen LogP contribution in [-0.2, 0) is 37.1 Å². The highest BCUT2D eigenvalue weighted by Gasteiger charge is 2.47. The molecule has 28 heavy (non-hydrogen) atoms. The highest BCUT2D eigenvalue weighted by Crippen LogP contribution is 2.38. The Morgan fingerprint density at radius 2 is 1.89 bits per heavy atom. The molecule has 8 heteroatoms. The standard InChI is InChI=1S/C20H22ClNO6/c21-14-7-12-9-26-11-28-18(12)13(8-14)10-27-17(23)5-6-22-19(24)15-3-1-2-4-16(15)20(22)25/h7-8,15-16H,1-6,9-11H2/t15-,16-/m1/s1. The Labute approximate surface area is 167 Å². The fourth-order valence-electron chi connectivity index (χ4n) is 4.25. The fraction of sp³-hybridized carbons (Fsp3) is 0.550. The zero-order valence-electron chi connectivity index (χ0n) is 15.4. The van der Waals surface area contributed by atoms with Gasteiger partial charge in [0.05, 0.1) is 24.9 Å². The van der Waals surface area contributed by atoms with Crippen molar-refractivity contribution in [2.75, 3.05) is 13.3 Å². The summed E-state index contributed by atoms with van der Waals surface area (Å²) in [4.78, 5) is 38.3. The van der Waals surface area contributed by atoms with Crippen molar-refractivity contribution in [1.82, 2.24) is 4.90 Å². The number of likely N-dealkylation sites (tertiary alicyclic amines) is 1. The van der Waals surface area contributed by atoms with Gasteiger partial charge in [0.15, 0.2) is 6.79 Å². The average molecular weight is 408 g/mol. The minimum Gasteiger partial charge on any atom is -0.467 e. The largest absolute Gasteiger partial charge is 0.467 e.